The number of hydrogen-bond donors (Lipinski definition) is 1. The smallest absolute Gasteiger partial charge is 0.309 e. The Labute approximate surface area is 108 Å². The first kappa shape index (κ1) is 13.1. The highest BCUT2D eigenvalue weighted by molar-refractivity contribution is 5.71. The van der Waals surface area contributed by atoms with Crippen molar-refractivity contribution in [2.24, 2.45) is 11.8 Å². The van der Waals surface area contributed by atoms with Crippen LogP contribution in [0.4, 0.5) is 0 Å². The first-order valence-electron chi connectivity index (χ1n) is 6.57. The molecule has 0 aliphatic carbocycles. The number of carbonyl (C=O) groups is 1. The summed E-state index contributed by atoms with van der Waals surface area (Å²) in [6.07, 6.45) is 1.12. The number of rotatable bonds is 5. The quantitative estimate of drug-likeness (QED) is 0.868. The molecule has 3 nitrogen and oxygen atoms in total. The zero-order valence-corrected chi connectivity index (χ0v) is 11.1. The molecule has 0 atom stereocenters. The van der Waals surface area contributed by atoms with E-state index in [4.69, 9.17) is 5.11 Å². The van der Waals surface area contributed by atoms with Crippen LogP contribution >= 0.6 is 0 Å². The van der Waals surface area contributed by atoms with Gasteiger partial charge in [0.15, 0.2) is 0 Å². The predicted octanol–water partition coefficient (Wildman–Crippen LogP) is 2.40. The van der Waals surface area contributed by atoms with Gasteiger partial charge in [0.25, 0.3) is 0 Å². The van der Waals surface area contributed by atoms with Crippen molar-refractivity contribution in [3.63, 3.8) is 0 Å². The van der Waals surface area contributed by atoms with Crippen molar-refractivity contribution in [1.29, 1.82) is 0 Å². The summed E-state index contributed by atoms with van der Waals surface area (Å²) >= 11 is 0. The zero-order chi connectivity index (χ0) is 13.1. The molecule has 1 heterocycles. The number of benzene rings is 1. The van der Waals surface area contributed by atoms with E-state index in [1.54, 1.807) is 0 Å². The van der Waals surface area contributed by atoms with E-state index in [0.717, 1.165) is 13.0 Å². The molecule has 0 unspecified atom stereocenters. The molecule has 1 N–H and O–H groups in total. The summed E-state index contributed by atoms with van der Waals surface area (Å²) in [5.74, 6) is -0.147. The highest BCUT2D eigenvalue weighted by Gasteiger charge is 2.31. The van der Waals surface area contributed by atoms with E-state index in [2.05, 4.69) is 43.0 Å². The number of carboxylic acid groups (broad SMARTS) is 1. The van der Waals surface area contributed by atoms with Gasteiger partial charge in [-0.25, -0.2) is 0 Å². The summed E-state index contributed by atoms with van der Waals surface area (Å²) in [4.78, 5) is 12.9. The molecule has 0 amide bonds. The molecule has 3 heteroatoms. The standard InChI is InChI=1S/C15H21NO2/c1-11(2)7-12-3-5-13(6-4-12)8-16-9-14(10-16)15(17)18/h3-6,11,14H,7-10H2,1-2H3,(H,17,18). The Bertz CT molecular complexity index is 405. The van der Waals surface area contributed by atoms with E-state index >= 15 is 0 Å². The van der Waals surface area contributed by atoms with Gasteiger partial charge in [0.1, 0.15) is 0 Å². The maximum Gasteiger partial charge on any atom is 0.309 e. The largest absolute Gasteiger partial charge is 0.481 e. The van der Waals surface area contributed by atoms with Crippen LogP contribution in [0.5, 0.6) is 0 Å². The van der Waals surface area contributed by atoms with Gasteiger partial charge < -0.3 is 5.11 Å². The van der Waals surface area contributed by atoms with Crippen LogP contribution in [0, 0.1) is 11.8 Å². The normalized spacial score (nSPS) is 16.8. The topological polar surface area (TPSA) is 40.5 Å². The highest BCUT2D eigenvalue weighted by Crippen LogP contribution is 2.19. The number of aliphatic carboxylic acids is 1. The molecule has 1 fully saturated rings. The van der Waals surface area contributed by atoms with E-state index in [9.17, 15) is 4.79 Å². The fourth-order valence-corrected chi connectivity index (χ4v) is 2.37. The SMILES string of the molecule is CC(C)Cc1ccc(CN2CC(C(=O)O)C2)cc1. The minimum absolute atomic E-state index is 0.162. The molecule has 0 aromatic heterocycles. The van der Waals surface area contributed by atoms with E-state index < -0.39 is 5.97 Å². The summed E-state index contributed by atoms with van der Waals surface area (Å²) < 4.78 is 0. The second-order valence-corrected chi connectivity index (χ2v) is 5.64. The van der Waals surface area contributed by atoms with Crippen LogP contribution in [0.3, 0.4) is 0 Å². The summed E-state index contributed by atoms with van der Waals surface area (Å²) in [5, 5.41) is 8.81. The Balaban J connectivity index is 1.82. The fraction of sp³-hybridized carbons (Fsp3) is 0.533. The van der Waals surface area contributed by atoms with Crippen LogP contribution in [-0.4, -0.2) is 29.1 Å². The minimum atomic E-state index is -0.668. The Morgan fingerprint density at radius 3 is 2.33 bits per heavy atom. The molecule has 2 rings (SSSR count). The van der Waals surface area contributed by atoms with Crippen molar-refractivity contribution < 1.29 is 9.90 Å². The van der Waals surface area contributed by atoms with Crippen LogP contribution in [-0.2, 0) is 17.8 Å². The summed E-state index contributed by atoms with van der Waals surface area (Å²) in [5.41, 5.74) is 2.65. The number of nitrogens with zero attached hydrogens (tertiary/aromatic N) is 1. The average Bonchev–Trinajstić information content (AvgIpc) is 2.23. The van der Waals surface area contributed by atoms with Crippen molar-refractivity contribution >= 4 is 5.97 Å². The molecule has 98 valence electrons. The van der Waals surface area contributed by atoms with Gasteiger partial charge >= 0.3 is 5.97 Å². The van der Waals surface area contributed by atoms with Gasteiger partial charge in [0.05, 0.1) is 5.92 Å². The van der Waals surface area contributed by atoms with Gasteiger partial charge in [0, 0.05) is 19.6 Å². The molecule has 1 aromatic rings. The summed E-state index contributed by atoms with van der Waals surface area (Å²) in [6, 6.07) is 8.69. The summed E-state index contributed by atoms with van der Waals surface area (Å²) in [6.45, 7) is 6.68. The number of hydrogen-bond acceptors (Lipinski definition) is 2. The van der Waals surface area contributed by atoms with Crippen molar-refractivity contribution in [3.05, 3.63) is 35.4 Å². The average molecular weight is 247 g/mol. The van der Waals surface area contributed by atoms with Gasteiger partial charge in [-0.15, -0.1) is 0 Å². The van der Waals surface area contributed by atoms with E-state index in [1.807, 2.05) is 0 Å². The van der Waals surface area contributed by atoms with Crippen molar-refractivity contribution in [3.8, 4) is 0 Å². The van der Waals surface area contributed by atoms with Crippen LogP contribution in [0.1, 0.15) is 25.0 Å². The molecule has 0 saturated carbocycles. The maximum absolute atomic E-state index is 10.7. The van der Waals surface area contributed by atoms with Crippen molar-refractivity contribution in [2.45, 2.75) is 26.8 Å². The fourth-order valence-electron chi connectivity index (χ4n) is 2.37. The molecule has 0 radical (unpaired) electrons. The Hall–Kier alpha value is -1.35. The second-order valence-electron chi connectivity index (χ2n) is 5.64. The maximum atomic E-state index is 10.7. The lowest BCUT2D eigenvalue weighted by Gasteiger charge is -2.36. The van der Waals surface area contributed by atoms with E-state index in [-0.39, 0.29) is 5.92 Å². The first-order chi connectivity index (χ1) is 8.54. The predicted molar refractivity (Wildman–Crippen MR) is 71.4 cm³/mol. The molecule has 1 aromatic carbocycles. The monoisotopic (exact) mass is 247 g/mol. The van der Waals surface area contributed by atoms with E-state index in [1.165, 1.54) is 11.1 Å². The number of likely N-dealkylation sites (tertiary alicyclic amines) is 1. The van der Waals surface area contributed by atoms with Crippen LogP contribution in [0.2, 0.25) is 0 Å². The molecule has 1 aliphatic rings. The lowest BCUT2D eigenvalue weighted by atomic mass is 9.98. The Kier molecular flexibility index (Phi) is 4.02. The summed E-state index contributed by atoms with van der Waals surface area (Å²) in [7, 11) is 0. The van der Waals surface area contributed by atoms with Crippen molar-refractivity contribution in [2.75, 3.05) is 13.1 Å². The molecular weight excluding hydrogens is 226 g/mol. The lowest BCUT2D eigenvalue weighted by molar-refractivity contribution is -0.147. The Morgan fingerprint density at radius 2 is 1.83 bits per heavy atom. The van der Waals surface area contributed by atoms with Crippen LogP contribution < -0.4 is 0 Å². The van der Waals surface area contributed by atoms with Gasteiger partial charge in [-0.3, -0.25) is 9.69 Å². The highest BCUT2D eigenvalue weighted by atomic mass is 16.4. The Morgan fingerprint density at radius 1 is 1.28 bits per heavy atom. The van der Waals surface area contributed by atoms with Crippen LogP contribution in [0.15, 0.2) is 24.3 Å². The third-order valence-electron chi connectivity index (χ3n) is 3.38. The minimum Gasteiger partial charge on any atom is -0.481 e. The molecule has 0 spiro atoms. The van der Waals surface area contributed by atoms with E-state index in [0.29, 0.717) is 19.0 Å². The third kappa shape index (κ3) is 3.33. The second kappa shape index (κ2) is 5.53. The molecular formula is C15H21NO2. The molecule has 1 aliphatic heterocycles. The molecule has 0 bridgehead atoms. The van der Waals surface area contributed by atoms with Gasteiger partial charge in [-0.2, -0.15) is 0 Å². The van der Waals surface area contributed by atoms with Gasteiger partial charge in [-0.05, 0) is 23.5 Å². The van der Waals surface area contributed by atoms with Crippen molar-refractivity contribution in [1.82, 2.24) is 4.90 Å². The lowest BCUT2D eigenvalue weighted by Crippen LogP contribution is -2.49. The molecule has 1 saturated heterocycles. The number of carboxylic acids is 1. The first-order valence-corrected chi connectivity index (χ1v) is 6.57. The van der Waals surface area contributed by atoms with Gasteiger partial charge in [0.2, 0.25) is 0 Å². The molecule has 18 heavy (non-hydrogen) atoms. The zero-order valence-electron chi connectivity index (χ0n) is 11.1. The van der Waals surface area contributed by atoms with Gasteiger partial charge in [-0.1, -0.05) is 38.1 Å². The van der Waals surface area contributed by atoms with Crippen LogP contribution in [0.25, 0.3) is 0 Å². The third-order valence-corrected chi connectivity index (χ3v) is 3.38.